The van der Waals surface area contributed by atoms with Gasteiger partial charge in [0.05, 0.1) is 0 Å². The first-order chi connectivity index (χ1) is 8.26. The summed E-state index contributed by atoms with van der Waals surface area (Å²) in [5, 5.41) is 0. The minimum Gasteiger partial charge on any atom is -0.329 e. The number of thioether (sulfide) groups is 1. The van der Waals surface area contributed by atoms with Crippen LogP contribution in [0.5, 0.6) is 0 Å². The van der Waals surface area contributed by atoms with Crippen LogP contribution in [0.2, 0.25) is 0 Å². The van der Waals surface area contributed by atoms with Crippen LogP contribution in [0.1, 0.15) is 30.9 Å². The molecule has 0 spiro atoms. The van der Waals surface area contributed by atoms with Crippen LogP contribution >= 0.6 is 11.8 Å². The lowest BCUT2D eigenvalue weighted by Gasteiger charge is -2.39. The quantitative estimate of drug-likeness (QED) is 0.815. The Kier molecular flexibility index (Phi) is 4.48. The van der Waals surface area contributed by atoms with E-state index in [1.807, 2.05) is 0 Å². The Morgan fingerprint density at radius 1 is 1.35 bits per heavy atom. The Bertz CT molecular complexity index is 346. The molecule has 2 N–H and O–H groups in total. The van der Waals surface area contributed by atoms with E-state index in [1.54, 1.807) is 11.8 Å². The van der Waals surface area contributed by atoms with Crippen molar-refractivity contribution in [2.24, 2.45) is 5.73 Å². The summed E-state index contributed by atoms with van der Waals surface area (Å²) in [5.74, 6) is 0. The molecule has 17 heavy (non-hydrogen) atoms. The zero-order chi connectivity index (χ0) is 12.3. The number of nitrogens with zero attached hydrogens (tertiary/aromatic N) is 1. The SMILES string of the molecule is CSc1ccc(C(CN)N(C)C2CCC2)cc1. The molecule has 3 heteroatoms. The highest BCUT2D eigenvalue weighted by Gasteiger charge is 2.27. The van der Waals surface area contributed by atoms with Gasteiger partial charge in [0.1, 0.15) is 0 Å². The molecule has 1 fully saturated rings. The Morgan fingerprint density at radius 2 is 2.00 bits per heavy atom. The molecule has 1 aliphatic rings. The van der Waals surface area contributed by atoms with Crippen molar-refractivity contribution >= 4 is 11.8 Å². The van der Waals surface area contributed by atoms with Crippen LogP contribution in [-0.4, -0.2) is 30.8 Å². The molecule has 1 aromatic rings. The molecule has 0 amide bonds. The second-order valence-corrected chi connectivity index (χ2v) is 5.65. The molecule has 1 saturated carbocycles. The average Bonchev–Trinajstić information content (AvgIpc) is 2.28. The van der Waals surface area contributed by atoms with Crippen molar-refractivity contribution in [3.63, 3.8) is 0 Å². The van der Waals surface area contributed by atoms with Crippen molar-refractivity contribution in [1.29, 1.82) is 0 Å². The second kappa shape index (κ2) is 5.89. The molecule has 1 unspecified atom stereocenters. The number of hydrogen-bond donors (Lipinski definition) is 1. The summed E-state index contributed by atoms with van der Waals surface area (Å²) in [6.07, 6.45) is 6.14. The van der Waals surface area contributed by atoms with Crippen molar-refractivity contribution in [1.82, 2.24) is 4.90 Å². The van der Waals surface area contributed by atoms with Gasteiger partial charge in [-0.05, 0) is 43.8 Å². The van der Waals surface area contributed by atoms with Crippen LogP contribution in [-0.2, 0) is 0 Å². The third-order valence-corrected chi connectivity index (χ3v) is 4.61. The summed E-state index contributed by atoms with van der Waals surface area (Å²) < 4.78 is 0. The van der Waals surface area contributed by atoms with Gasteiger partial charge in [-0.1, -0.05) is 18.6 Å². The summed E-state index contributed by atoms with van der Waals surface area (Å²) in [6.45, 7) is 0.700. The summed E-state index contributed by atoms with van der Waals surface area (Å²) in [7, 11) is 2.21. The normalized spacial score (nSPS) is 18.1. The van der Waals surface area contributed by atoms with Crippen LogP contribution < -0.4 is 5.73 Å². The van der Waals surface area contributed by atoms with Gasteiger partial charge < -0.3 is 5.73 Å². The first-order valence-corrected chi connectivity index (χ1v) is 7.54. The van der Waals surface area contributed by atoms with Gasteiger partial charge in [-0.2, -0.15) is 0 Å². The minimum atomic E-state index is 0.371. The summed E-state index contributed by atoms with van der Waals surface area (Å²) in [5.41, 5.74) is 7.29. The van der Waals surface area contributed by atoms with E-state index in [0.29, 0.717) is 12.6 Å². The molecule has 0 saturated heterocycles. The van der Waals surface area contributed by atoms with Crippen LogP contribution in [0.15, 0.2) is 29.2 Å². The third kappa shape index (κ3) is 2.84. The Labute approximate surface area is 109 Å². The zero-order valence-electron chi connectivity index (χ0n) is 10.7. The van der Waals surface area contributed by atoms with Crippen LogP contribution in [0.25, 0.3) is 0 Å². The monoisotopic (exact) mass is 250 g/mol. The molecule has 0 heterocycles. The van der Waals surface area contributed by atoms with E-state index in [0.717, 1.165) is 6.04 Å². The van der Waals surface area contributed by atoms with Crippen molar-refractivity contribution < 1.29 is 0 Å². The molecule has 0 aliphatic heterocycles. The first kappa shape index (κ1) is 12.9. The molecular formula is C14H22N2S. The Hall–Kier alpha value is -0.510. The highest BCUT2D eigenvalue weighted by atomic mass is 32.2. The van der Waals surface area contributed by atoms with E-state index in [4.69, 9.17) is 5.73 Å². The van der Waals surface area contributed by atoms with Crippen molar-refractivity contribution in [3.8, 4) is 0 Å². The minimum absolute atomic E-state index is 0.371. The van der Waals surface area contributed by atoms with Crippen LogP contribution in [0, 0.1) is 0 Å². The smallest absolute Gasteiger partial charge is 0.0470 e. The fourth-order valence-corrected chi connectivity index (χ4v) is 2.82. The highest BCUT2D eigenvalue weighted by molar-refractivity contribution is 7.98. The highest BCUT2D eigenvalue weighted by Crippen LogP contribution is 2.31. The number of nitrogens with two attached hydrogens (primary N) is 1. The maximum Gasteiger partial charge on any atom is 0.0470 e. The molecule has 1 atom stereocenters. The van der Waals surface area contributed by atoms with Crippen molar-refractivity contribution in [2.45, 2.75) is 36.2 Å². The predicted octanol–water partition coefficient (Wildman–Crippen LogP) is 2.89. The molecule has 2 nitrogen and oxygen atoms in total. The fourth-order valence-electron chi connectivity index (χ4n) is 2.41. The lowest BCUT2D eigenvalue weighted by molar-refractivity contribution is 0.113. The van der Waals surface area contributed by atoms with E-state index in [2.05, 4.69) is 42.5 Å². The lowest BCUT2D eigenvalue weighted by Crippen LogP contribution is -2.42. The van der Waals surface area contributed by atoms with E-state index in [-0.39, 0.29) is 0 Å². The molecule has 94 valence electrons. The van der Waals surface area contributed by atoms with Gasteiger partial charge in [0.25, 0.3) is 0 Å². The van der Waals surface area contributed by atoms with E-state index < -0.39 is 0 Å². The first-order valence-electron chi connectivity index (χ1n) is 6.32. The summed E-state index contributed by atoms with van der Waals surface area (Å²) >= 11 is 1.78. The number of hydrogen-bond acceptors (Lipinski definition) is 3. The number of rotatable bonds is 5. The molecule has 0 radical (unpaired) electrons. The molecule has 0 aromatic heterocycles. The zero-order valence-corrected chi connectivity index (χ0v) is 11.5. The summed E-state index contributed by atoms with van der Waals surface area (Å²) in [4.78, 5) is 3.77. The lowest BCUT2D eigenvalue weighted by atomic mass is 9.89. The Balaban J connectivity index is 2.10. The van der Waals surface area contributed by atoms with Gasteiger partial charge in [-0.25, -0.2) is 0 Å². The standard InChI is InChI=1S/C14H22N2S/c1-16(12-4-3-5-12)14(10-15)11-6-8-13(17-2)9-7-11/h6-9,12,14H,3-5,10,15H2,1-2H3. The predicted molar refractivity (Wildman–Crippen MR) is 75.4 cm³/mol. The number of likely N-dealkylation sites (N-methyl/N-ethyl adjacent to an activating group) is 1. The van der Waals surface area contributed by atoms with Crippen LogP contribution in [0.3, 0.4) is 0 Å². The molecule has 2 rings (SSSR count). The van der Waals surface area contributed by atoms with Gasteiger partial charge in [0, 0.05) is 23.5 Å². The topological polar surface area (TPSA) is 29.3 Å². The molecule has 1 aromatic carbocycles. The van der Waals surface area contributed by atoms with Gasteiger partial charge in [-0.3, -0.25) is 4.90 Å². The van der Waals surface area contributed by atoms with E-state index >= 15 is 0 Å². The molecule has 1 aliphatic carbocycles. The number of benzene rings is 1. The van der Waals surface area contributed by atoms with Crippen molar-refractivity contribution in [3.05, 3.63) is 29.8 Å². The van der Waals surface area contributed by atoms with Crippen LogP contribution in [0.4, 0.5) is 0 Å². The third-order valence-electron chi connectivity index (χ3n) is 3.87. The van der Waals surface area contributed by atoms with Gasteiger partial charge in [0.15, 0.2) is 0 Å². The van der Waals surface area contributed by atoms with Gasteiger partial charge in [0.2, 0.25) is 0 Å². The van der Waals surface area contributed by atoms with E-state index in [9.17, 15) is 0 Å². The molecule has 0 bridgehead atoms. The van der Waals surface area contributed by atoms with Gasteiger partial charge in [-0.15, -0.1) is 11.8 Å². The average molecular weight is 250 g/mol. The maximum absolute atomic E-state index is 5.95. The molecular weight excluding hydrogens is 228 g/mol. The van der Waals surface area contributed by atoms with Gasteiger partial charge >= 0.3 is 0 Å². The largest absolute Gasteiger partial charge is 0.329 e. The maximum atomic E-state index is 5.95. The summed E-state index contributed by atoms with van der Waals surface area (Å²) in [6, 6.07) is 9.94. The second-order valence-electron chi connectivity index (χ2n) is 4.77. The fraction of sp³-hybridized carbons (Fsp3) is 0.571. The Morgan fingerprint density at radius 3 is 2.41 bits per heavy atom. The van der Waals surface area contributed by atoms with Crippen molar-refractivity contribution in [2.75, 3.05) is 19.8 Å². The van der Waals surface area contributed by atoms with E-state index in [1.165, 1.54) is 29.7 Å².